The molecule has 0 saturated carbocycles. The fraction of sp³-hybridized carbons (Fsp3) is 0.692. The third-order valence-electron chi connectivity index (χ3n) is 3.32. The maximum absolute atomic E-state index is 12.3. The molecule has 1 aromatic heterocycles. The summed E-state index contributed by atoms with van der Waals surface area (Å²) in [6.07, 6.45) is 5.71. The Morgan fingerprint density at radius 2 is 2.33 bits per heavy atom. The molecule has 18 heavy (non-hydrogen) atoms. The van der Waals surface area contributed by atoms with Gasteiger partial charge in [0.2, 0.25) is 5.91 Å². The molecule has 2 rings (SSSR count). The van der Waals surface area contributed by atoms with E-state index in [9.17, 15) is 4.79 Å². The van der Waals surface area contributed by atoms with E-state index in [4.69, 9.17) is 0 Å². The second-order valence-corrected chi connectivity index (χ2v) is 5.01. The van der Waals surface area contributed by atoms with E-state index in [-0.39, 0.29) is 11.9 Å². The van der Waals surface area contributed by atoms with Crippen molar-refractivity contribution >= 4 is 11.6 Å². The molecule has 0 aliphatic carbocycles. The van der Waals surface area contributed by atoms with Crippen molar-refractivity contribution in [3.8, 4) is 0 Å². The molecular weight excluding hydrogens is 228 g/mol. The average Bonchev–Trinajstić information content (AvgIpc) is 2.81. The van der Waals surface area contributed by atoms with E-state index in [2.05, 4.69) is 24.3 Å². The van der Waals surface area contributed by atoms with Crippen molar-refractivity contribution in [3.05, 3.63) is 12.4 Å². The predicted octanol–water partition coefficient (Wildman–Crippen LogP) is 1.57. The third kappa shape index (κ3) is 2.56. The van der Waals surface area contributed by atoms with Gasteiger partial charge in [0.15, 0.2) is 0 Å². The van der Waals surface area contributed by atoms with Gasteiger partial charge in [-0.05, 0) is 33.2 Å². The van der Waals surface area contributed by atoms with Gasteiger partial charge in [-0.3, -0.25) is 9.48 Å². The average molecular weight is 250 g/mol. The van der Waals surface area contributed by atoms with Crippen molar-refractivity contribution in [2.45, 2.75) is 45.7 Å². The maximum atomic E-state index is 12.3. The molecule has 0 bridgehead atoms. The highest BCUT2D eigenvalue weighted by molar-refractivity contribution is 5.97. The zero-order valence-corrected chi connectivity index (χ0v) is 11.4. The van der Waals surface area contributed by atoms with Gasteiger partial charge in [0, 0.05) is 18.8 Å². The number of nitrogens with one attached hydrogen (secondary N) is 1. The van der Waals surface area contributed by atoms with Gasteiger partial charge in [0.05, 0.1) is 17.9 Å². The predicted molar refractivity (Wildman–Crippen MR) is 71.7 cm³/mol. The van der Waals surface area contributed by atoms with Crippen molar-refractivity contribution in [1.82, 2.24) is 15.1 Å². The van der Waals surface area contributed by atoms with Crippen LogP contribution in [0.5, 0.6) is 0 Å². The second-order valence-electron chi connectivity index (χ2n) is 5.01. The first kappa shape index (κ1) is 13.1. The van der Waals surface area contributed by atoms with Gasteiger partial charge in [-0.2, -0.15) is 5.10 Å². The minimum Gasteiger partial charge on any atom is -0.308 e. The molecule has 1 aliphatic rings. The quantitative estimate of drug-likeness (QED) is 0.882. The Kier molecular flexibility index (Phi) is 4.01. The molecule has 1 N–H and O–H groups in total. The molecule has 0 spiro atoms. The van der Waals surface area contributed by atoms with Gasteiger partial charge in [0.1, 0.15) is 0 Å². The number of nitrogens with zero attached hydrogens (tertiary/aromatic N) is 3. The van der Waals surface area contributed by atoms with Gasteiger partial charge in [-0.25, -0.2) is 0 Å². The largest absolute Gasteiger partial charge is 0.308 e. The van der Waals surface area contributed by atoms with E-state index in [1.165, 1.54) is 0 Å². The molecule has 0 aromatic carbocycles. The summed E-state index contributed by atoms with van der Waals surface area (Å²) in [6, 6.07) is 0.286. The molecule has 1 amide bonds. The van der Waals surface area contributed by atoms with Crippen molar-refractivity contribution in [2.24, 2.45) is 0 Å². The molecule has 1 aromatic rings. The number of hydrogen-bond donors (Lipinski definition) is 1. The second kappa shape index (κ2) is 5.52. The van der Waals surface area contributed by atoms with E-state index < -0.39 is 0 Å². The zero-order valence-electron chi connectivity index (χ0n) is 11.4. The number of likely N-dealkylation sites (N-methyl/N-ethyl adjacent to an activating group) is 1. The van der Waals surface area contributed by atoms with Crippen molar-refractivity contribution < 1.29 is 4.79 Å². The van der Waals surface area contributed by atoms with Crippen LogP contribution >= 0.6 is 0 Å². The van der Waals surface area contributed by atoms with Gasteiger partial charge in [-0.1, -0.05) is 6.92 Å². The standard InChI is InChI=1S/C13H22N4O/c1-4-14-12-6-5-7-16(13(12)18)11-8-15-17(9-11)10(2)3/h8-10,12,14H,4-7H2,1-3H3. The number of aromatic nitrogens is 2. The third-order valence-corrected chi connectivity index (χ3v) is 3.32. The summed E-state index contributed by atoms with van der Waals surface area (Å²) in [5.41, 5.74) is 0.913. The highest BCUT2D eigenvalue weighted by Crippen LogP contribution is 2.21. The van der Waals surface area contributed by atoms with E-state index >= 15 is 0 Å². The molecule has 1 unspecified atom stereocenters. The van der Waals surface area contributed by atoms with E-state index in [0.29, 0.717) is 6.04 Å². The molecule has 1 fully saturated rings. The summed E-state index contributed by atoms with van der Waals surface area (Å²) in [5.74, 6) is 0.173. The first-order valence-corrected chi connectivity index (χ1v) is 6.72. The molecular formula is C13H22N4O. The molecule has 100 valence electrons. The minimum absolute atomic E-state index is 0.0360. The molecule has 1 atom stereocenters. The normalized spacial score (nSPS) is 20.8. The number of amides is 1. The van der Waals surface area contributed by atoms with Crippen LogP contribution in [-0.4, -0.2) is 34.8 Å². The van der Waals surface area contributed by atoms with Crippen molar-refractivity contribution in [1.29, 1.82) is 0 Å². The number of piperidine rings is 1. The van der Waals surface area contributed by atoms with Crippen LogP contribution in [0.1, 0.15) is 39.7 Å². The minimum atomic E-state index is -0.0360. The summed E-state index contributed by atoms with van der Waals surface area (Å²) in [6.45, 7) is 7.82. The van der Waals surface area contributed by atoms with E-state index in [1.54, 1.807) is 6.20 Å². The van der Waals surface area contributed by atoms with Crippen LogP contribution in [0.15, 0.2) is 12.4 Å². The first-order chi connectivity index (χ1) is 8.63. The Morgan fingerprint density at radius 1 is 1.56 bits per heavy atom. The monoisotopic (exact) mass is 250 g/mol. The lowest BCUT2D eigenvalue weighted by Crippen LogP contribution is -2.50. The molecule has 5 heteroatoms. The molecule has 1 aliphatic heterocycles. The van der Waals surface area contributed by atoms with Crippen LogP contribution in [0.3, 0.4) is 0 Å². The molecule has 2 heterocycles. The van der Waals surface area contributed by atoms with Crippen LogP contribution in [0.4, 0.5) is 5.69 Å². The topological polar surface area (TPSA) is 50.2 Å². The van der Waals surface area contributed by atoms with Crippen LogP contribution in [0.25, 0.3) is 0 Å². The summed E-state index contributed by atoms with van der Waals surface area (Å²) in [5, 5.41) is 7.54. The van der Waals surface area contributed by atoms with E-state index in [0.717, 1.165) is 31.6 Å². The Labute approximate surface area is 108 Å². The summed E-state index contributed by atoms with van der Waals surface area (Å²) in [7, 11) is 0. The number of rotatable bonds is 4. The molecule has 1 saturated heterocycles. The Bertz CT molecular complexity index is 411. The lowest BCUT2D eigenvalue weighted by Gasteiger charge is -2.31. The maximum Gasteiger partial charge on any atom is 0.244 e. The Balaban J connectivity index is 2.13. The number of anilines is 1. The van der Waals surface area contributed by atoms with Crippen LogP contribution in [0, 0.1) is 0 Å². The summed E-state index contributed by atoms with van der Waals surface area (Å²) >= 11 is 0. The number of carbonyl (C=O) groups is 1. The number of carbonyl (C=O) groups excluding carboxylic acids is 1. The van der Waals surface area contributed by atoms with Gasteiger partial charge in [-0.15, -0.1) is 0 Å². The Morgan fingerprint density at radius 3 is 2.94 bits per heavy atom. The van der Waals surface area contributed by atoms with Gasteiger partial charge in [0.25, 0.3) is 0 Å². The van der Waals surface area contributed by atoms with Gasteiger partial charge >= 0.3 is 0 Å². The smallest absolute Gasteiger partial charge is 0.244 e. The highest BCUT2D eigenvalue weighted by Gasteiger charge is 2.29. The van der Waals surface area contributed by atoms with Gasteiger partial charge < -0.3 is 10.2 Å². The fourth-order valence-electron chi connectivity index (χ4n) is 2.32. The Hall–Kier alpha value is -1.36. The van der Waals surface area contributed by atoms with Crippen LogP contribution < -0.4 is 10.2 Å². The molecule has 0 radical (unpaired) electrons. The number of hydrogen-bond acceptors (Lipinski definition) is 3. The molecule has 5 nitrogen and oxygen atoms in total. The van der Waals surface area contributed by atoms with E-state index in [1.807, 2.05) is 22.7 Å². The van der Waals surface area contributed by atoms with Crippen LogP contribution in [-0.2, 0) is 4.79 Å². The SMILES string of the molecule is CCNC1CCCN(c2cnn(C(C)C)c2)C1=O. The lowest BCUT2D eigenvalue weighted by atomic mass is 10.0. The van der Waals surface area contributed by atoms with Crippen LogP contribution in [0.2, 0.25) is 0 Å². The van der Waals surface area contributed by atoms with Crippen molar-refractivity contribution in [2.75, 3.05) is 18.0 Å². The fourth-order valence-corrected chi connectivity index (χ4v) is 2.32. The van der Waals surface area contributed by atoms with Crippen molar-refractivity contribution in [3.63, 3.8) is 0 Å². The lowest BCUT2D eigenvalue weighted by molar-refractivity contribution is -0.121. The summed E-state index contributed by atoms with van der Waals surface area (Å²) < 4.78 is 1.89. The highest BCUT2D eigenvalue weighted by atomic mass is 16.2. The zero-order chi connectivity index (χ0) is 13.1. The summed E-state index contributed by atoms with van der Waals surface area (Å²) in [4.78, 5) is 14.2. The first-order valence-electron chi connectivity index (χ1n) is 6.72.